The number of carbonyl (C=O) groups excluding carboxylic acids is 1. The maximum atomic E-state index is 11.5. The lowest BCUT2D eigenvalue weighted by Gasteiger charge is -2.12. The van der Waals surface area contributed by atoms with E-state index in [9.17, 15) is 9.59 Å². The van der Waals surface area contributed by atoms with Crippen LogP contribution >= 0.6 is 0 Å². The average Bonchev–Trinajstić information content (AvgIpc) is 2.34. The van der Waals surface area contributed by atoms with Crippen molar-refractivity contribution in [1.82, 2.24) is 5.32 Å². The van der Waals surface area contributed by atoms with Crippen molar-refractivity contribution in [3.8, 4) is 0 Å². The monoisotopic (exact) mass is 236 g/mol. The molecule has 1 rings (SSSR count). The van der Waals surface area contributed by atoms with Crippen LogP contribution in [0.4, 0.5) is 5.69 Å². The first-order valence-corrected chi connectivity index (χ1v) is 5.44. The molecule has 0 unspecified atom stereocenters. The molecule has 0 saturated carbocycles. The highest BCUT2D eigenvalue weighted by molar-refractivity contribution is 5.86. The average molecular weight is 236 g/mol. The molecule has 1 aromatic rings. The lowest BCUT2D eigenvalue weighted by molar-refractivity contribution is -0.141. The second-order valence-corrected chi connectivity index (χ2v) is 3.59. The highest BCUT2D eigenvalue weighted by Gasteiger charge is 2.16. The van der Waals surface area contributed by atoms with Crippen LogP contribution in [0.1, 0.15) is 13.3 Å². The van der Waals surface area contributed by atoms with Crippen molar-refractivity contribution in [2.24, 2.45) is 0 Å². The lowest BCUT2D eigenvalue weighted by Crippen LogP contribution is -2.42. The van der Waals surface area contributed by atoms with Gasteiger partial charge >= 0.3 is 5.97 Å². The van der Waals surface area contributed by atoms with Crippen molar-refractivity contribution in [3.63, 3.8) is 0 Å². The molecular formula is C12H16N2O3. The Labute approximate surface area is 99.8 Å². The van der Waals surface area contributed by atoms with E-state index in [1.807, 2.05) is 30.3 Å². The van der Waals surface area contributed by atoms with Crippen LogP contribution in [0.5, 0.6) is 0 Å². The zero-order valence-corrected chi connectivity index (χ0v) is 9.64. The highest BCUT2D eigenvalue weighted by atomic mass is 16.4. The van der Waals surface area contributed by atoms with Gasteiger partial charge < -0.3 is 15.7 Å². The Bertz CT molecular complexity index is 379. The molecule has 0 radical (unpaired) electrons. The van der Waals surface area contributed by atoms with Crippen molar-refractivity contribution in [1.29, 1.82) is 0 Å². The zero-order valence-electron chi connectivity index (χ0n) is 9.64. The third-order valence-electron chi connectivity index (χ3n) is 2.27. The van der Waals surface area contributed by atoms with E-state index < -0.39 is 12.0 Å². The second-order valence-electron chi connectivity index (χ2n) is 3.59. The molecular weight excluding hydrogens is 220 g/mol. The van der Waals surface area contributed by atoms with Crippen LogP contribution in [0.2, 0.25) is 0 Å². The van der Waals surface area contributed by atoms with E-state index in [1.54, 1.807) is 6.92 Å². The van der Waals surface area contributed by atoms with E-state index in [2.05, 4.69) is 10.6 Å². The van der Waals surface area contributed by atoms with Crippen LogP contribution < -0.4 is 10.6 Å². The van der Waals surface area contributed by atoms with Crippen LogP contribution in [-0.4, -0.2) is 29.6 Å². The SMILES string of the molecule is CC[C@H](NC(=O)CNc1ccccc1)C(=O)O. The Balaban J connectivity index is 2.37. The molecule has 0 aliphatic carbocycles. The quantitative estimate of drug-likeness (QED) is 0.690. The zero-order chi connectivity index (χ0) is 12.7. The van der Waals surface area contributed by atoms with Gasteiger partial charge in [0, 0.05) is 5.69 Å². The van der Waals surface area contributed by atoms with Gasteiger partial charge in [-0.05, 0) is 18.6 Å². The van der Waals surface area contributed by atoms with Gasteiger partial charge in [0.05, 0.1) is 6.54 Å². The summed E-state index contributed by atoms with van der Waals surface area (Å²) in [4.78, 5) is 22.2. The van der Waals surface area contributed by atoms with Crippen molar-refractivity contribution >= 4 is 17.6 Å². The molecule has 0 saturated heterocycles. The van der Waals surface area contributed by atoms with Gasteiger partial charge in [0.25, 0.3) is 0 Å². The fourth-order valence-electron chi connectivity index (χ4n) is 1.32. The number of carboxylic acid groups (broad SMARTS) is 1. The largest absolute Gasteiger partial charge is 0.480 e. The Kier molecular flexibility index (Phi) is 5.00. The Morgan fingerprint density at radius 2 is 1.94 bits per heavy atom. The smallest absolute Gasteiger partial charge is 0.326 e. The number of amides is 1. The third-order valence-corrected chi connectivity index (χ3v) is 2.27. The van der Waals surface area contributed by atoms with E-state index in [0.717, 1.165) is 5.69 Å². The Hall–Kier alpha value is -2.04. The number of carboxylic acids is 1. The maximum Gasteiger partial charge on any atom is 0.326 e. The summed E-state index contributed by atoms with van der Waals surface area (Å²) in [5.41, 5.74) is 0.825. The molecule has 17 heavy (non-hydrogen) atoms. The Morgan fingerprint density at radius 1 is 1.29 bits per heavy atom. The standard InChI is InChI=1S/C12H16N2O3/c1-2-10(12(16)17)14-11(15)8-13-9-6-4-3-5-7-9/h3-7,10,13H,2,8H2,1H3,(H,14,15)(H,16,17)/t10-/m0/s1. The number of anilines is 1. The first-order chi connectivity index (χ1) is 8.13. The number of hydrogen-bond donors (Lipinski definition) is 3. The Morgan fingerprint density at radius 3 is 2.47 bits per heavy atom. The fraction of sp³-hybridized carbons (Fsp3) is 0.333. The summed E-state index contributed by atoms with van der Waals surface area (Å²) in [5, 5.41) is 14.1. The number of carbonyl (C=O) groups is 2. The molecule has 5 nitrogen and oxygen atoms in total. The highest BCUT2D eigenvalue weighted by Crippen LogP contribution is 2.03. The molecule has 0 fully saturated rings. The first-order valence-electron chi connectivity index (χ1n) is 5.44. The molecule has 1 aromatic carbocycles. The molecule has 0 aliphatic rings. The van der Waals surface area contributed by atoms with Gasteiger partial charge in [0.15, 0.2) is 0 Å². The van der Waals surface area contributed by atoms with Crippen LogP contribution in [0.3, 0.4) is 0 Å². The van der Waals surface area contributed by atoms with Gasteiger partial charge in [-0.15, -0.1) is 0 Å². The lowest BCUT2D eigenvalue weighted by atomic mass is 10.2. The van der Waals surface area contributed by atoms with Gasteiger partial charge in [-0.3, -0.25) is 4.79 Å². The number of para-hydroxylation sites is 1. The molecule has 1 amide bonds. The first kappa shape index (κ1) is 13.0. The summed E-state index contributed by atoms with van der Waals surface area (Å²) in [7, 11) is 0. The summed E-state index contributed by atoms with van der Waals surface area (Å²) in [6.07, 6.45) is 0.367. The second kappa shape index (κ2) is 6.52. The molecule has 1 atom stereocenters. The maximum absolute atomic E-state index is 11.5. The summed E-state index contributed by atoms with van der Waals surface area (Å²) >= 11 is 0. The van der Waals surface area contributed by atoms with Crippen LogP contribution in [0.15, 0.2) is 30.3 Å². The predicted molar refractivity (Wildman–Crippen MR) is 64.8 cm³/mol. The molecule has 0 bridgehead atoms. The molecule has 0 aromatic heterocycles. The normalized spacial score (nSPS) is 11.6. The van der Waals surface area contributed by atoms with Gasteiger partial charge in [-0.25, -0.2) is 4.79 Å². The van der Waals surface area contributed by atoms with Gasteiger partial charge in [0.2, 0.25) is 5.91 Å². The molecule has 92 valence electrons. The minimum Gasteiger partial charge on any atom is -0.480 e. The van der Waals surface area contributed by atoms with Crippen LogP contribution in [-0.2, 0) is 9.59 Å². The van der Waals surface area contributed by atoms with Crippen molar-refractivity contribution in [2.45, 2.75) is 19.4 Å². The van der Waals surface area contributed by atoms with Gasteiger partial charge in [-0.2, -0.15) is 0 Å². The summed E-state index contributed by atoms with van der Waals surface area (Å²) in [5.74, 6) is -1.34. The molecule has 0 spiro atoms. The van der Waals surface area contributed by atoms with Gasteiger partial charge in [0.1, 0.15) is 6.04 Å². The number of aliphatic carboxylic acids is 1. The minimum atomic E-state index is -1.01. The number of hydrogen-bond acceptors (Lipinski definition) is 3. The van der Waals surface area contributed by atoms with Crippen LogP contribution in [0.25, 0.3) is 0 Å². The number of nitrogens with one attached hydrogen (secondary N) is 2. The molecule has 5 heteroatoms. The van der Waals surface area contributed by atoms with E-state index in [4.69, 9.17) is 5.11 Å². The molecule has 3 N–H and O–H groups in total. The summed E-state index contributed by atoms with van der Waals surface area (Å²) in [6, 6.07) is 8.44. The van der Waals surface area contributed by atoms with E-state index >= 15 is 0 Å². The van der Waals surface area contributed by atoms with E-state index in [0.29, 0.717) is 6.42 Å². The van der Waals surface area contributed by atoms with E-state index in [-0.39, 0.29) is 12.5 Å². The fourth-order valence-corrected chi connectivity index (χ4v) is 1.32. The minimum absolute atomic E-state index is 0.0633. The van der Waals surface area contributed by atoms with Gasteiger partial charge in [-0.1, -0.05) is 25.1 Å². The molecule has 0 aliphatic heterocycles. The number of rotatable bonds is 6. The molecule has 0 heterocycles. The number of benzene rings is 1. The summed E-state index contributed by atoms with van der Waals surface area (Å²) < 4.78 is 0. The van der Waals surface area contributed by atoms with Crippen molar-refractivity contribution in [3.05, 3.63) is 30.3 Å². The topological polar surface area (TPSA) is 78.4 Å². The van der Waals surface area contributed by atoms with E-state index in [1.165, 1.54) is 0 Å². The van der Waals surface area contributed by atoms with Crippen molar-refractivity contribution in [2.75, 3.05) is 11.9 Å². The summed E-state index contributed by atoms with van der Waals surface area (Å²) in [6.45, 7) is 1.78. The predicted octanol–water partition coefficient (Wildman–Crippen LogP) is 1.08. The third kappa shape index (κ3) is 4.55. The van der Waals surface area contributed by atoms with Crippen LogP contribution in [0, 0.1) is 0 Å². The van der Waals surface area contributed by atoms with Crippen molar-refractivity contribution < 1.29 is 14.7 Å².